The average molecular weight is 423 g/mol. The highest BCUT2D eigenvalue weighted by Crippen LogP contribution is 2.21. The fourth-order valence-corrected chi connectivity index (χ4v) is 3.55. The molecule has 2 heterocycles. The smallest absolute Gasteiger partial charge is 0.359 e. The van der Waals surface area contributed by atoms with E-state index in [1.807, 2.05) is 0 Å². The second-order valence-electron chi connectivity index (χ2n) is 6.80. The van der Waals surface area contributed by atoms with Gasteiger partial charge >= 0.3 is 5.97 Å². The van der Waals surface area contributed by atoms with Gasteiger partial charge < -0.3 is 10.1 Å². The highest BCUT2D eigenvalue weighted by molar-refractivity contribution is 7.00. The maximum absolute atomic E-state index is 12.7. The first-order chi connectivity index (χ1) is 14.5. The van der Waals surface area contributed by atoms with Crippen LogP contribution in [0.25, 0.3) is 21.8 Å². The molecular weight excluding hydrogens is 406 g/mol. The lowest BCUT2D eigenvalue weighted by Crippen LogP contribution is -2.28. The van der Waals surface area contributed by atoms with Gasteiger partial charge in [0.05, 0.1) is 28.8 Å². The van der Waals surface area contributed by atoms with Gasteiger partial charge in [-0.25, -0.2) is 9.48 Å². The van der Waals surface area contributed by atoms with Crippen LogP contribution in [-0.2, 0) is 9.53 Å². The largest absolute Gasteiger partial charge is 0.451 e. The molecule has 30 heavy (non-hydrogen) atoms. The Morgan fingerprint density at radius 3 is 2.63 bits per heavy atom. The number of carbonyl (C=O) groups is 2. The van der Waals surface area contributed by atoms with Gasteiger partial charge in [-0.3, -0.25) is 9.59 Å². The van der Waals surface area contributed by atoms with E-state index in [1.165, 1.54) is 4.68 Å². The minimum atomic E-state index is -0.788. The van der Waals surface area contributed by atoms with Crippen molar-refractivity contribution in [1.29, 1.82) is 0 Å². The Hall–Kier alpha value is -3.66. The van der Waals surface area contributed by atoms with E-state index in [1.54, 1.807) is 56.3 Å². The fourth-order valence-electron chi connectivity index (χ4n) is 3.00. The quantitative estimate of drug-likeness (QED) is 0.491. The molecule has 0 atom stereocenters. The molecule has 1 amide bonds. The van der Waals surface area contributed by atoms with Crippen molar-refractivity contribution >= 4 is 51.1 Å². The minimum absolute atomic E-state index is 0.0162. The Morgan fingerprint density at radius 1 is 1.10 bits per heavy atom. The monoisotopic (exact) mass is 423 g/mol. The van der Waals surface area contributed by atoms with Gasteiger partial charge in [0, 0.05) is 5.39 Å². The summed E-state index contributed by atoms with van der Waals surface area (Å²) in [6.07, 6.45) is 0. The van der Waals surface area contributed by atoms with Gasteiger partial charge in [0.15, 0.2) is 12.3 Å². The first kappa shape index (κ1) is 19.6. The lowest BCUT2D eigenvalue weighted by Gasteiger charge is -2.13. The van der Waals surface area contributed by atoms with E-state index < -0.39 is 18.5 Å². The van der Waals surface area contributed by atoms with Gasteiger partial charge in [-0.15, -0.1) is 0 Å². The van der Waals surface area contributed by atoms with Crippen LogP contribution in [0, 0.1) is 0 Å². The third-order valence-corrected chi connectivity index (χ3v) is 4.95. The SMILES string of the molecule is CC(C)n1nc(C(=O)OCC(=O)Nc2cccc3nsnc23)c2ccccc2c1=O. The van der Waals surface area contributed by atoms with E-state index in [-0.39, 0.29) is 17.3 Å². The van der Waals surface area contributed by atoms with Crippen LogP contribution in [0.3, 0.4) is 0 Å². The summed E-state index contributed by atoms with van der Waals surface area (Å²) in [6.45, 7) is 3.07. The van der Waals surface area contributed by atoms with Crippen molar-refractivity contribution in [2.24, 2.45) is 0 Å². The molecule has 0 aliphatic rings. The molecule has 0 bridgehead atoms. The van der Waals surface area contributed by atoms with Gasteiger partial charge in [-0.1, -0.05) is 24.3 Å². The standard InChI is InChI=1S/C20H17N5O4S/c1-11(2)25-19(27)13-7-4-3-6-12(13)17(22-25)20(28)29-10-16(26)21-14-8-5-9-15-18(14)24-30-23-15/h3-9,11H,10H2,1-2H3,(H,21,26). The molecule has 2 aromatic carbocycles. The number of aromatic nitrogens is 4. The highest BCUT2D eigenvalue weighted by atomic mass is 32.1. The molecule has 0 saturated carbocycles. The molecular formula is C20H17N5O4S. The highest BCUT2D eigenvalue weighted by Gasteiger charge is 2.20. The molecule has 0 radical (unpaired) electrons. The molecule has 9 nitrogen and oxygen atoms in total. The Kier molecular flexibility index (Phi) is 5.23. The van der Waals surface area contributed by atoms with E-state index in [9.17, 15) is 14.4 Å². The number of nitrogens with zero attached hydrogens (tertiary/aromatic N) is 4. The normalized spacial score (nSPS) is 11.2. The number of nitrogens with one attached hydrogen (secondary N) is 1. The molecule has 0 unspecified atom stereocenters. The molecule has 4 aromatic rings. The van der Waals surface area contributed by atoms with Crippen LogP contribution in [0.15, 0.2) is 47.3 Å². The van der Waals surface area contributed by atoms with Crippen molar-refractivity contribution in [2.45, 2.75) is 19.9 Å². The lowest BCUT2D eigenvalue weighted by atomic mass is 10.1. The summed E-state index contributed by atoms with van der Waals surface area (Å²) in [7, 11) is 0. The van der Waals surface area contributed by atoms with Gasteiger partial charge in [-0.05, 0) is 32.0 Å². The number of esters is 1. The van der Waals surface area contributed by atoms with Crippen LogP contribution in [-0.4, -0.2) is 37.0 Å². The van der Waals surface area contributed by atoms with Gasteiger partial charge in [0.1, 0.15) is 11.0 Å². The second kappa shape index (κ2) is 7.99. The van der Waals surface area contributed by atoms with Crippen LogP contribution in [0.4, 0.5) is 5.69 Å². The first-order valence-corrected chi connectivity index (χ1v) is 9.88. The Morgan fingerprint density at radius 2 is 1.87 bits per heavy atom. The topological polar surface area (TPSA) is 116 Å². The van der Waals surface area contributed by atoms with Crippen LogP contribution in [0.5, 0.6) is 0 Å². The van der Waals surface area contributed by atoms with Crippen molar-refractivity contribution in [3.05, 3.63) is 58.5 Å². The van der Waals surface area contributed by atoms with E-state index in [2.05, 4.69) is 19.2 Å². The Labute approximate surface area is 174 Å². The molecule has 0 aliphatic carbocycles. The number of amides is 1. The van der Waals surface area contributed by atoms with Crippen molar-refractivity contribution in [3.63, 3.8) is 0 Å². The minimum Gasteiger partial charge on any atom is -0.451 e. The maximum atomic E-state index is 12.7. The third kappa shape index (κ3) is 3.64. The average Bonchev–Trinajstić information content (AvgIpc) is 3.22. The number of anilines is 1. The number of fused-ring (bicyclic) bond motifs is 2. The molecule has 0 aliphatic heterocycles. The summed E-state index contributed by atoms with van der Waals surface area (Å²) in [5.74, 6) is -1.31. The molecule has 152 valence electrons. The summed E-state index contributed by atoms with van der Waals surface area (Å²) >= 11 is 1.04. The van der Waals surface area contributed by atoms with E-state index in [4.69, 9.17) is 4.74 Å². The predicted octanol–water partition coefficient (Wildman–Crippen LogP) is 2.78. The Balaban J connectivity index is 1.55. The van der Waals surface area contributed by atoms with Crippen molar-refractivity contribution < 1.29 is 14.3 Å². The van der Waals surface area contributed by atoms with E-state index in [0.29, 0.717) is 27.5 Å². The lowest BCUT2D eigenvalue weighted by molar-refractivity contribution is -0.119. The summed E-state index contributed by atoms with van der Waals surface area (Å²) < 4.78 is 14.7. The summed E-state index contributed by atoms with van der Waals surface area (Å²) in [6, 6.07) is 11.7. The number of rotatable bonds is 5. The van der Waals surface area contributed by atoms with Crippen LogP contribution in [0.2, 0.25) is 0 Å². The van der Waals surface area contributed by atoms with E-state index >= 15 is 0 Å². The molecule has 10 heteroatoms. The Bertz CT molecular complexity index is 1330. The third-order valence-electron chi connectivity index (χ3n) is 4.41. The van der Waals surface area contributed by atoms with Crippen LogP contribution >= 0.6 is 11.7 Å². The van der Waals surface area contributed by atoms with Gasteiger partial charge in [0.2, 0.25) is 0 Å². The zero-order chi connectivity index (χ0) is 21.3. The fraction of sp³-hybridized carbons (Fsp3) is 0.200. The summed E-state index contributed by atoms with van der Waals surface area (Å²) in [4.78, 5) is 37.5. The number of ether oxygens (including phenoxy) is 1. The van der Waals surface area contributed by atoms with Crippen LogP contribution in [0.1, 0.15) is 30.4 Å². The molecule has 1 N–H and O–H groups in total. The number of benzene rings is 2. The predicted molar refractivity (Wildman–Crippen MR) is 113 cm³/mol. The molecule has 0 spiro atoms. The van der Waals surface area contributed by atoms with Gasteiger partial charge in [0.25, 0.3) is 11.5 Å². The molecule has 0 saturated heterocycles. The van der Waals surface area contributed by atoms with Crippen molar-refractivity contribution in [1.82, 2.24) is 18.5 Å². The second-order valence-corrected chi connectivity index (χ2v) is 7.33. The summed E-state index contributed by atoms with van der Waals surface area (Å²) in [5.41, 5.74) is 1.41. The van der Waals surface area contributed by atoms with Crippen molar-refractivity contribution in [3.8, 4) is 0 Å². The first-order valence-electron chi connectivity index (χ1n) is 9.15. The number of carbonyl (C=O) groups excluding carboxylic acids is 2. The van der Waals surface area contributed by atoms with E-state index in [0.717, 1.165) is 11.7 Å². The zero-order valence-corrected chi connectivity index (χ0v) is 17.0. The van der Waals surface area contributed by atoms with Crippen LogP contribution < -0.4 is 10.9 Å². The molecule has 4 rings (SSSR count). The molecule has 0 fully saturated rings. The zero-order valence-electron chi connectivity index (χ0n) is 16.2. The summed E-state index contributed by atoms with van der Waals surface area (Å²) in [5, 5.41) is 7.58. The number of hydrogen-bond acceptors (Lipinski definition) is 8. The maximum Gasteiger partial charge on any atom is 0.359 e. The number of hydrogen-bond donors (Lipinski definition) is 1. The van der Waals surface area contributed by atoms with Crippen molar-refractivity contribution in [2.75, 3.05) is 11.9 Å². The molecule has 2 aromatic heterocycles. The van der Waals surface area contributed by atoms with Gasteiger partial charge in [-0.2, -0.15) is 13.8 Å².